The highest BCUT2D eigenvalue weighted by atomic mass is 16.5. The van der Waals surface area contributed by atoms with E-state index < -0.39 is 0 Å². The molecule has 0 spiro atoms. The Labute approximate surface area is 178 Å². The van der Waals surface area contributed by atoms with Gasteiger partial charge in [0.05, 0.1) is 13.5 Å². The molecule has 1 N–H and O–H groups in total. The van der Waals surface area contributed by atoms with Crippen LogP contribution in [0, 0.1) is 13.8 Å². The zero-order valence-corrected chi connectivity index (χ0v) is 17.9. The molecule has 0 atom stereocenters. The van der Waals surface area contributed by atoms with Gasteiger partial charge in [0.1, 0.15) is 11.5 Å². The van der Waals surface area contributed by atoms with Gasteiger partial charge in [-0.15, -0.1) is 0 Å². The van der Waals surface area contributed by atoms with Crippen LogP contribution in [0.3, 0.4) is 0 Å². The van der Waals surface area contributed by atoms with Gasteiger partial charge in [-0.05, 0) is 61.6 Å². The highest BCUT2D eigenvalue weighted by molar-refractivity contribution is 5.79. The lowest BCUT2D eigenvalue weighted by Crippen LogP contribution is -2.48. The first-order chi connectivity index (χ1) is 14.5. The number of nitrogens with zero attached hydrogens (tertiary/aromatic N) is 1. The third-order valence-electron chi connectivity index (χ3n) is 5.64. The molecule has 1 aliphatic rings. The Bertz CT molecular complexity index is 871. The number of benzene rings is 2. The number of ether oxygens (including phenoxy) is 2. The number of methoxy groups -OCH3 is 1. The predicted octanol–water partition coefficient (Wildman–Crippen LogP) is 3.04. The number of nitrogens with one attached hydrogen (secondary N) is 1. The van der Waals surface area contributed by atoms with Crippen molar-refractivity contribution in [3.05, 3.63) is 59.2 Å². The Hall–Kier alpha value is -3.02. The maximum Gasteiger partial charge on any atom is 0.260 e. The number of carbonyl (C=O) groups is 2. The van der Waals surface area contributed by atoms with E-state index in [1.807, 2.05) is 61.2 Å². The summed E-state index contributed by atoms with van der Waals surface area (Å²) in [7, 11) is 1.62. The maximum atomic E-state index is 12.5. The van der Waals surface area contributed by atoms with Crippen molar-refractivity contribution in [3.8, 4) is 11.5 Å². The molecule has 160 valence electrons. The van der Waals surface area contributed by atoms with Gasteiger partial charge in [0, 0.05) is 19.1 Å². The molecule has 0 aromatic heterocycles. The molecular weight excluding hydrogens is 380 g/mol. The van der Waals surface area contributed by atoms with Crippen molar-refractivity contribution in [1.82, 2.24) is 10.2 Å². The Morgan fingerprint density at radius 1 is 1.07 bits per heavy atom. The Balaban J connectivity index is 1.40. The number of hydrogen-bond acceptors (Lipinski definition) is 4. The number of amides is 2. The largest absolute Gasteiger partial charge is 0.497 e. The summed E-state index contributed by atoms with van der Waals surface area (Å²) < 4.78 is 10.9. The van der Waals surface area contributed by atoms with Crippen LogP contribution in [0.25, 0.3) is 0 Å². The second kappa shape index (κ2) is 10.1. The summed E-state index contributed by atoms with van der Waals surface area (Å²) in [6, 6.07) is 13.4. The highest BCUT2D eigenvalue weighted by Gasteiger charge is 2.24. The molecular formula is C24H30N2O4. The summed E-state index contributed by atoms with van der Waals surface area (Å²) in [5.74, 6) is 1.52. The van der Waals surface area contributed by atoms with Crippen LogP contribution < -0.4 is 14.8 Å². The van der Waals surface area contributed by atoms with E-state index in [9.17, 15) is 9.59 Å². The van der Waals surface area contributed by atoms with Crippen molar-refractivity contribution in [2.24, 2.45) is 0 Å². The van der Waals surface area contributed by atoms with Crippen LogP contribution in [0.4, 0.5) is 0 Å². The summed E-state index contributed by atoms with van der Waals surface area (Å²) in [5.41, 5.74) is 3.15. The number of piperidine rings is 1. The average molecular weight is 411 g/mol. The van der Waals surface area contributed by atoms with Gasteiger partial charge in [-0.1, -0.05) is 24.3 Å². The molecule has 6 heteroatoms. The molecule has 2 aromatic rings. The van der Waals surface area contributed by atoms with E-state index in [1.165, 1.54) is 0 Å². The van der Waals surface area contributed by atoms with E-state index >= 15 is 0 Å². The number of aryl methyl sites for hydroxylation is 1. The molecule has 0 aliphatic carbocycles. The zero-order valence-electron chi connectivity index (χ0n) is 17.9. The molecule has 1 aliphatic heterocycles. The van der Waals surface area contributed by atoms with Crippen LogP contribution in [0.2, 0.25) is 0 Å². The van der Waals surface area contributed by atoms with Gasteiger partial charge in [0.15, 0.2) is 6.61 Å². The third-order valence-corrected chi connectivity index (χ3v) is 5.64. The van der Waals surface area contributed by atoms with Gasteiger partial charge in [-0.2, -0.15) is 0 Å². The number of hydrogen-bond donors (Lipinski definition) is 1. The second-order valence-corrected chi connectivity index (χ2v) is 7.73. The number of likely N-dealkylation sites (tertiary alicyclic amines) is 1. The minimum atomic E-state index is -0.0149. The molecule has 2 aromatic carbocycles. The van der Waals surface area contributed by atoms with Crippen LogP contribution in [0.5, 0.6) is 11.5 Å². The summed E-state index contributed by atoms with van der Waals surface area (Å²) >= 11 is 0. The molecule has 0 saturated carbocycles. The van der Waals surface area contributed by atoms with E-state index in [1.54, 1.807) is 7.11 Å². The van der Waals surface area contributed by atoms with E-state index in [2.05, 4.69) is 5.32 Å². The van der Waals surface area contributed by atoms with E-state index in [4.69, 9.17) is 9.47 Å². The lowest BCUT2D eigenvalue weighted by molar-refractivity contribution is -0.134. The van der Waals surface area contributed by atoms with Gasteiger partial charge in [0.25, 0.3) is 5.91 Å². The van der Waals surface area contributed by atoms with Crippen LogP contribution in [0.15, 0.2) is 42.5 Å². The van der Waals surface area contributed by atoms with Gasteiger partial charge in [-0.3, -0.25) is 9.59 Å². The van der Waals surface area contributed by atoms with Gasteiger partial charge >= 0.3 is 0 Å². The van der Waals surface area contributed by atoms with Crippen molar-refractivity contribution in [1.29, 1.82) is 0 Å². The molecule has 3 rings (SSSR count). The quantitative estimate of drug-likeness (QED) is 0.762. The first-order valence-electron chi connectivity index (χ1n) is 10.4. The fourth-order valence-electron chi connectivity index (χ4n) is 3.59. The summed E-state index contributed by atoms with van der Waals surface area (Å²) in [5, 5.41) is 3.09. The van der Waals surface area contributed by atoms with Gasteiger partial charge in [0.2, 0.25) is 5.91 Å². The fraction of sp³-hybridized carbons (Fsp3) is 0.417. The topological polar surface area (TPSA) is 67.9 Å². The standard InChI is InChI=1S/C24H30N2O4/c1-17-5-4-6-22(18(17)2)30-16-24(28)26-13-11-20(12-14-26)25-23(27)15-19-7-9-21(29-3)10-8-19/h4-10,20H,11-16H2,1-3H3,(H,25,27). The minimum Gasteiger partial charge on any atom is -0.497 e. The predicted molar refractivity (Wildman–Crippen MR) is 116 cm³/mol. The molecule has 1 heterocycles. The third kappa shape index (κ3) is 5.75. The molecule has 0 unspecified atom stereocenters. The molecule has 0 radical (unpaired) electrons. The first kappa shape index (κ1) is 21.7. The van der Waals surface area contributed by atoms with Crippen molar-refractivity contribution in [2.45, 2.75) is 39.2 Å². The van der Waals surface area contributed by atoms with Crippen LogP contribution in [0.1, 0.15) is 29.5 Å². The molecule has 2 amide bonds. The van der Waals surface area contributed by atoms with Crippen molar-refractivity contribution in [2.75, 3.05) is 26.8 Å². The van der Waals surface area contributed by atoms with Crippen molar-refractivity contribution < 1.29 is 19.1 Å². The highest BCUT2D eigenvalue weighted by Crippen LogP contribution is 2.21. The number of carbonyl (C=O) groups excluding carboxylic acids is 2. The van der Waals surface area contributed by atoms with E-state index in [-0.39, 0.29) is 24.5 Å². The molecule has 0 bridgehead atoms. The monoisotopic (exact) mass is 410 g/mol. The second-order valence-electron chi connectivity index (χ2n) is 7.73. The van der Waals surface area contributed by atoms with Crippen LogP contribution >= 0.6 is 0 Å². The first-order valence-corrected chi connectivity index (χ1v) is 10.4. The maximum absolute atomic E-state index is 12.5. The van der Waals surface area contributed by atoms with E-state index in [0.29, 0.717) is 19.5 Å². The van der Waals surface area contributed by atoms with Gasteiger partial charge < -0.3 is 19.7 Å². The van der Waals surface area contributed by atoms with Gasteiger partial charge in [-0.25, -0.2) is 0 Å². The zero-order chi connectivity index (χ0) is 21.5. The molecule has 1 saturated heterocycles. The molecule has 1 fully saturated rings. The SMILES string of the molecule is COc1ccc(CC(=O)NC2CCN(C(=O)COc3cccc(C)c3C)CC2)cc1. The van der Waals surface area contributed by atoms with Crippen molar-refractivity contribution in [3.63, 3.8) is 0 Å². The Morgan fingerprint density at radius 2 is 1.77 bits per heavy atom. The van der Waals surface area contributed by atoms with Crippen LogP contribution in [-0.4, -0.2) is 49.6 Å². The summed E-state index contributed by atoms with van der Waals surface area (Å²) in [4.78, 5) is 26.6. The van der Waals surface area contributed by atoms with Crippen LogP contribution in [-0.2, 0) is 16.0 Å². The minimum absolute atomic E-state index is 0.00296. The smallest absolute Gasteiger partial charge is 0.260 e. The fourth-order valence-corrected chi connectivity index (χ4v) is 3.59. The number of rotatable bonds is 7. The Morgan fingerprint density at radius 3 is 2.43 bits per heavy atom. The van der Waals surface area contributed by atoms with Crippen molar-refractivity contribution >= 4 is 11.8 Å². The summed E-state index contributed by atoms with van der Waals surface area (Å²) in [6.45, 7) is 5.32. The lowest BCUT2D eigenvalue weighted by atomic mass is 10.0. The molecule has 6 nitrogen and oxygen atoms in total. The average Bonchev–Trinajstić information content (AvgIpc) is 2.75. The summed E-state index contributed by atoms with van der Waals surface area (Å²) in [6.07, 6.45) is 1.85. The van der Waals surface area contributed by atoms with E-state index in [0.717, 1.165) is 41.0 Å². The lowest BCUT2D eigenvalue weighted by Gasteiger charge is -2.32. The Kier molecular flexibility index (Phi) is 7.33. The normalized spacial score (nSPS) is 14.3. The molecule has 30 heavy (non-hydrogen) atoms.